The number of aromatic nitrogens is 2. The van der Waals surface area contributed by atoms with Crippen LogP contribution in [0.15, 0.2) is 54.6 Å². The van der Waals surface area contributed by atoms with Gasteiger partial charge in [0.2, 0.25) is 5.78 Å². The number of benzene rings is 2. The van der Waals surface area contributed by atoms with Gasteiger partial charge in [-0.15, -0.1) is 0 Å². The minimum atomic E-state index is -0.436. The van der Waals surface area contributed by atoms with Gasteiger partial charge in [-0.05, 0) is 38.1 Å². The molecular formula is C21H20FN3O3. The zero-order valence-electron chi connectivity index (χ0n) is 15.6. The molecule has 0 aliphatic heterocycles. The quantitative estimate of drug-likeness (QED) is 0.501. The third-order valence-electron chi connectivity index (χ3n) is 4.15. The van der Waals surface area contributed by atoms with Crippen molar-refractivity contribution in [3.8, 4) is 5.69 Å². The van der Waals surface area contributed by atoms with Gasteiger partial charge < -0.3 is 10.1 Å². The SMILES string of the molecule is CCOC(=O)CNc1c(C(=O)c2ccccc2)nn(-c2ccc(F)cc2)c1C. The Morgan fingerprint density at radius 3 is 2.43 bits per heavy atom. The maximum Gasteiger partial charge on any atom is 0.325 e. The molecule has 2 aromatic carbocycles. The van der Waals surface area contributed by atoms with Crippen LogP contribution in [0.4, 0.5) is 10.1 Å². The van der Waals surface area contributed by atoms with E-state index in [1.54, 1.807) is 54.9 Å². The molecule has 28 heavy (non-hydrogen) atoms. The van der Waals surface area contributed by atoms with Crippen LogP contribution in [0.25, 0.3) is 5.69 Å². The second-order valence-electron chi connectivity index (χ2n) is 6.05. The van der Waals surface area contributed by atoms with E-state index in [-0.39, 0.29) is 30.4 Å². The van der Waals surface area contributed by atoms with Crippen molar-refractivity contribution < 1.29 is 18.7 Å². The number of hydrogen-bond acceptors (Lipinski definition) is 5. The number of nitrogens with zero attached hydrogens (tertiary/aromatic N) is 2. The number of hydrogen-bond donors (Lipinski definition) is 1. The summed E-state index contributed by atoms with van der Waals surface area (Å²) in [5.41, 5.74) is 2.31. The van der Waals surface area contributed by atoms with Crippen molar-refractivity contribution in [3.63, 3.8) is 0 Å². The highest BCUT2D eigenvalue weighted by Gasteiger charge is 2.23. The van der Waals surface area contributed by atoms with Crippen LogP contribution in [0.3, 0.4) is 0 Å². The largest absolute Gasteiger partial charge is 0.465 e. The molecule has 0 fully saturated rings. The molecule has 7 heteroatoms. The second-order valence-corrected chi connectivity index (χ2v) is 6.05. The monoisotopic (exact) mass is 381 g/mol. The summed E-state index contributed by atoms with van der Waals surface area (Å²) in [6.07, 6.45) is 0. The van der Waals surface area contributed by atoms with Crippen LogP contribution < -0.4 is 5.32 Å². The van der Waals surface area contributed by atoms with E-state index in [0.717, 1.165) is 0 Å². The van der Waals surface area contributed by atoms with Gasteiger partial charge in [0.25, 0.3) is 0 Å². The van der Waals surface area contributed by atoms with Crippen molar-refractivity contribution in [2.45, 2.75) is 13.8 Å². The van der Waals surface area contributed by atoms with Crippen LogP contribution in [0.1, 0.15) is 28.7 Å². The Morgan fingerprint density at radius 1 is 1.11 bits per heavy atom. The number of carbonyl (C=O) groups excluding carboxylic acids is 2. The van der Waals surface area contributed by atoms with Gasteiger partial charge in [-0.3, -0.25) is 9.59 Å². The normalized spacial score (nSPS) is 10.5. The van der Waals surface area contributed by atoms with Gasteiger partial charge in [0.1, 0.15) is 12.4 Å². The molecule has 144 valence electrons. The highest BCUT2D eigenvalue weighted by molar-refractivity contribution is 6.11. The minimum absolute atomic E-state index is 0.0984. The number of esters is 1. The lowest BCUT2D eigenvalue weighted by molar-refractivity contribution is -0.140. The van der Waals surface area contributed by atoms with Gasteiger partial charge in [-0.25, -0.2) is 9.07 Å². The summed E-state index contributed by atoms with van der Waals surface area (Å²) in [6.45, 7) is 3.66. The number of rotatable bonds is 7. The van der Waals surface area contributed by atoms with Crippen LogP contribution in [0.2, 0.25) is 0 Å². The summed E-state index contributed by atoms with van der Waals surface area (Å²) >= 11 is 0. The lowest BCUT2D eigenvalue weighted by atomic mass is 10.1. The van der Waals surface area contributed by atoms with Crippen molar-refractivity contribution in [1.82, 2.24) is 9.78 Å². The summed E-state index contributed by atoms with van der Waals surface area (Å²) < 4.78 is 19.8. The van der Waals surface area contributed by atoms with Crippen molar-refractivity contribution in [3.05, 3.63) is 77.4 Å². The first-order valence-electron chi connectivity index (χ1n) is 8.86. The van der Waals surface area contributed by atoms with Gasteiger partial charge in [-0.1, -0.05) is 30.3 Å². The van der Waals surface area contributed by atoms with E-state index in [9.17, 15) is 14.0 Å². The number of anilines is 1. The smallest absolute Gasteiger partial charge is 0.325 e. The summed E-state index contributed by atoms with van der Waals surface area (Å²) in [5, 5.41) is 7.41. The summed E-state index contributed by atoms with van der Waals surface area (Å²) in [4.78, 5) is 24.8. The number of carbonyl (C=O) groups is 2. The Kier molecular flexibility index (Phi) is 5.84. The van der Waals surface area contributed by atoms with Crippen LogP contribution in [-0.2, 0) is 9.53 Å². The zero-order chi connectivity index (χ0) is 20.1. The number of ether oxygens (including phenoxy) is 1. The maximum atomic E-state index is 13.3. The van der Waals surface area contributed by atoms with Crippen molar-refractivity contribution in [2.24, 2.45) is 0 Å². The molecule has 1 aromatic heterocycles. The van der Waals surface area contributed by atoms with Crippen LogP contribution in [-0.4, -0.2) is 34.7 Å². The van der Waals surface area contributed by atoms with Crippen LogP contribution in [0.5, 0.6) is 0 Å². The fourth-order valence-electron chi connectivity index (χ4n) is 2.81. The van der Waals surface area contributed by atoms with E-state index in [0.29, 0.717) is 22.6 Å². The molecule has 0 saturated carbocycles. The van der Waals surface area contributed by atoms with E-state index in [1.807, 2.05) is 6.07 Å². The molecule has 3 aromatic rings. The third kappa shape index (κ3) is 4.09. The van der Waals surface area contributed by atoms with E-state index in [1.165, 1.54) is 12.1 Å². The zero-order valence-corrected chi connectivity index (χ0v) is 15.6. The molecule has 0 amide bonds. The molecule has 1 heterocycles. The average Bonchev–Trinajstić information content (AvgIpc) is 3.03. The molecule has 6 nitrogen and oxygen atoms in total. The highest BCUT2D eigenvalue weighted by atomic mass is 19.1. The summed E-state index contributed by atoms with van der Waals surface area (Å²) in [6, 6.07) is 14.5. The number of halogens is 1. The van der Waals surface area contributed by atoms with Gasteiger partial charge in [-0.2, -0.15) is 5.10 Å². The molecular weight excluding hydrogens is 361 g/mol. The molecule has 0 saturated heterocycles. The van der Waals surface area contributed by atoms with Gasteiger partial charge >= 0.3 is 5.97 Å². The van der Waals surface area contributed by atoms with E-state index in [4.69, 9.17) is 4.74 Å². The van der Waals surface area contributed by atoms with Gasteiger partial charge in [0.15, 0.2) is 5.69 Å². The highest BCUT2D eigenvalue weighted by Crippen LogP contribution is 2.26. The second kappa shape index (κ2) is 8.47. The Balaban J connectivity index is 2.02. The Morgan fingerprint density at radius 2 is 1.79 bits per heavy atom. The van der Waals surface area contributed by atoms with Crippen molar-refractivity contribution in [1.29, 1.82) is 0 Å². The molecule has 1 N–H and O–H groups in total. The molecule has 0 aliphatic rings. The van der Waals surface area contributed by atoms with Crippen molar-refractivity contribution >= 4 is 17.4 Å². The topological polar surface area (TPSA) is 73.2 Å². The molecule has 0 radical (unpaired) electrons. The number of ketones is 1. The Labute approximate surface area is 161 Å². The summed E-state index contributed by atoms with van der Waals surface area (Å²) in [7, 11) is 0. The molecule has 0 aliphatic carbocycles. The minimum Gasteiger partial charge on any atom is -0.465 e. The lowest BCUT2D eigenvalue weighted by Gasteiger charge is -2.08. The van der Waals surface area contributed by atoms with E-state index in [2.05, 4.69) is 10.4 Å². The third-order valence-corrected chi connectivity index (χ3v) is 4.15. The maximum absolute atomic E-state index is 13.3. The molecule has 3 rings (SSSR count). The first kappa shape index (κ1) is 19.3. The van der Waals surface area contributed by atoms with Gasteiger partial charge in [0.05, 0.1) is 23.7 Å². The molecule has 0 bridgehead atoms. The molecule has 0 atom stereocenters. The summed E-state index contributed by atoms with van der Waals surface area (Å²) in [5.74, 6) is -1.08. The van der Waals surface area contributed by atoms with Crippen LogP contribution >= 0.6 is 0 Å². The Bertz CT molecular complexity index is 982. The van der Waals surface area contributed by atoms with Crippen molar-refractivity contribution in [2.75, 3.05) is 18.5 Å². The first-order chi connectivity index (χ1) is 13.5. The predicted molar refractivity (Wildman–Crippen MR) is 103 cm³/mol. The lowest BCUT2D eigenvalue weighted by Crippen LogP contribution is -2.18. The van der Waals surface area contributed by atoms with Gasteiger partial charge in [0, 0.05) is 5.56 Å². The average molecular weight is 381 g/mol. The van der Waals surface area contributed by atoms with E-state index >= 15 is 0 Å². The van der Waals surface area contributed by atoms with Crippen LogP contribution in [0, 0.1) is 12.7 Å². The molecule has 0 unspecified atom stereocenters. The number of nitrogens with one attached hydrogen (secondary N) is 1. The van der Waals surface area contributed by atoms with E-state index < -0.39 is 5.97 Å². The predicted octanol–water partition coefficient (Wildman–Crippen LogP) is 3.53. The Hall–Kier alpha value is -3.48. The standard InChI is InChI=1S/C21H20FN3O3/c1-3-28-18(26)13-23-19-14(2)25(17-11-9-16(22)10-12-17)24-20(19)21(27)15-7-5-4-6-8-15/h4-12,23H,3,13H2,1-2H3. The molecule has 0 spiro atoms. The fourth-order valence-corrected chi connectivity index (χ4v) is 2.81. The fraction of sp³-hybridized carbons (Fsp3) is 0.190. The first-order valence-corrected chi connectivity index (χ1v) is 8.86.